The number of anilines is 1. The summed E-state index contributed by atoms with van der Waals surface area (Å²) < 4.78 is 7.70. The lowest BCUT2D eigenvalue weighted by Crippen LogP contribution is -2.37. The number of likely N-dealkylation sites (N-methyl/N-ethyl adjacent to an activating group) is 1. The Hall–Kier alpha value is -1.56. The third-order valence-corrected chi connectivity index (χ3v) is 3.95. The molecule has 0 aromatic carbocycles. The maximum Gasteiger partial charge on any atom is 0.273 e. The number of aromatic nitrogens is 2. The molecule has 1 fully saturated rings. The van der Waals surface area contributed by atoms with Crippen LogP contribution < -0.4 is 5.32 Å². The minimum absolute atomic E-state index is 0.0251. The number of fused-ring (bicyclic) bond motifs is 1. The molecule has 0 aliphatic carbocycles. The summed E-state index contributed by atoms with van der Waals surface area (Å²) in [4.78, 5) is 18.5. The van der Waals surface area contributed by atoms with Gasteiger partial charge in [-0.1, -0.05) is 0 Å². The molecule has 0 bridgehead atoms. The molecule has 1 aromatic heterocycles. The van der Waals surface area contributed by atoms with E-state index in [9.17, 15) is 4.79 Å². The standard InChI is InChI=1S/C14H22N4O2/c1-17(9-11-5-2-3-8-20-11)13(19)12-10-18-7-4-6-15-14(18)16-12/h10-11H,2-9H2,1H3,(H,15,16). The average Bonchev–Trinajstić information content (AvgIpc) is 2.91. The molecule has 6 heteroatoms. The van der Waals surface area contributed by atoms with Crippen LogP contribution in [-0.4, -0.2) is 53.2 Å². The molecule has 1 saturated heterocycles. The van der Waals surface area contributed by atoms with Crippen LogP contribution in [0.3, 0.4) is 0 Å². The van der Waals surface area contributed by atoms with Gasteiger partial charge in [-0.25, -0.2) is 4.98 Å². The largest absolute Gasteiger partial charge is 0.376 e. The second-order valence-corrected chi connectivity index (χ2v) is 5.60. The van der Waals surface area contributed by atoms with Crippen LogP contribution in [0.5, 0.6) is 0 Å². The van der Waals surface area contributed by atoms with Crippen molar-refractivity contribution < 1.29 is 9.53 Å². The van der Waals surface area contributed by atoms with Crippen molar-refractivity contribution in [3.05, 3.63) is 11.9 Å². The summed E-state index contributed by atoms with van der Waals surface area (Å²) >= 11 is 0. The van der Waals surface area contributed by atoms with Crippen molar-refractivity contribution >= 4 is 11.9 Å². The van der Waals surface area contributed by atoms with E-state index in [1.54, 1.807) is 4.90 Å². The number of rotatable bonds is 3. The van der Waals surface area contributed by atoms with E-state index in [0.29, 0.717) is 12.2 Å². The molecule has 6 nitrogen and oxygen atoms in total. The zero-order valence-corrected chi connectivity index (χ0v) is 12.0. The molecule has 1 unspecified atom stereocenters. The number of carbonyl (C=O) groups is 1. The highest BCUT2D eigenvalue weighted by Crippen LogP contribution is 2.17. The van der Waals surface area contributed by atoms with Gasteiger partial charge in [0.05, 0.1) is 6.10 Å². The summed E-state index contributed by atoms with van der Waals surface area (Å²) in [6, 6.07) is 0. The Balaban J connectivity index is 1.63. The van der Waals surface area contributed by atoms with Gasteiger partial charge in [-0.2, -0.15) is 0 Å². The van der Waals surface area contributed by atoms with Crippen LogP contribution in [0.15, 0.2) is 6.20 Å². The molecular weight excluding hydrogens is 256 g/mol. The van der Waals surface area contributed by atoms with Crippen LogP contribution >= 0.6 is 0 Å². The highest BCUT2D eigenvalue weighted by molar-refractivity contribution is 5.92. The third kappa shape index (κ3) is 2.80. The molecule has 0 spiro atoms. The van der Waals surface area contributed by atoms with E-state index in [1.807, 2.05) is 17.8 Å². The van der Waals surface area contributed by atoms with Gasteiger partial charge in [-0.05, 0) is 25.7 Å². The van der Waals surface area contributed by atoms with Crippen LogP contribution in [0.4, 0.5) is 5.95 Å². The van der Waals surface area contributed by atoms with Crippen LogP contribution in [0.25, 0.3) is 0 Å². The number of ether oxygens (including phenoxy) is 1. The predicted octanol–water partition coefficient (Wildman–Crippen LogP) is 1.34. The van der Waals surface area contributed by atoms with E-state index in [2.05, 4.69) is 10.3 Å². The van der Waals surface area contributed by atoms with Gasteiger partial charge in [0.1, 0.15) is 5.69 Å². The average molecular weight is 278 g/mol. The van der Waals surface area contributed by atoms with Crippen molar-refractivity contribution in [3.63, 3.8) is 0 Å². The first-order valence-corrected chi connectivity index (χ1v) is 7.42. The van der Waals surface area contributed by atoms with E-state index < -0.39 is 0 Å². The normalized spacial score (nSPS) is 21.9. The topological polar surface area (TPSA) is 59.4 Å². The molecule has 1 atom stereocenters. The smallest absolute Gasteiger partial charge is 0.273 e. The molecule has 110 valence electrons. The number of hydrogen-bond acceptors (Lipinski definition) is 4. The molecule has 2 aliphatic rings. The van der Waals surface area contributed by atoms with Crippen molar-refractivity contribution in [1.29, 1.82) is 0 Å². The monoisotopic (exact) mass is 278 g/mol. The molecule has 0 radical (unpaired) electrons. The fourth-order valence-corrected chi connectivity index (χ4v) is 2.82. The van der Waals surface area contributed by atoms with Crippen LogP contribution in [0.2, 0.25) is 0 Å². The quantitative estimate of drug-likeness (QED) is 0.906. The molecular formula is C14H22N4O2. The number of imidazole rings is 1. The van der Waals surface area contributed by atoms with Crippen molar-refractivity contribution in [2.45, 2.75) is 38.3 Å². The van der Waals surface area contributed by atoms with Gasteiger partial charge >= 0.3 is 0 Å². The summed E-state index contributed by atoms with van der Waals surface area (Å²) in [5.41, 5.74) is 0.521. The Morgan fingerprint density at radius 3 is 3.20 bits per heavy atom. The van der Waals surface area contributed by atoms with E-state index in [-0.39, 0.29) is 12.0 Å². The molecule has 0 saturated carbocycles. The lowest BCUT2D eigenvalue weighted by molar-refractivity contribution is -0.000281. The van der Waals surface area contributed by atoms with Gasteiger partial charge in [0, 0.05) is 39.5 Å². The van der Waals surface area contributed by atoms with E-state index in [0.717, 1.165) is 44.9 Å². The maximum absolute atomic E-state index is 12.4. The summed E-state index contributed by atoms with van der Waals surface area (Å²) in [6.45, 7) is 3.32. The second-order valence-electron chi connectivity index (χ2n) is 5.60. The minimum atomic E-state index is -0.0251. The predicted molar refractivity (Wildman–Crippen MR) is 75.9 cm³/mol. The van der Waals surface area contributed by atoms with Gasteiger partial charge in [-0.3, -0.25) is 4.79 Å². The minimum Gasteiger partial charge on any atom is -0.376 e. The van der Waals surface area contributed by atoms with Crippen molar-refractivity contribution in [2.24, 2.45) is 0 Å². The Bertz CT molecular complexity index is 456. The van der Waals surface area contributed by atoms with Gasteiger partial charge in [0.2, 0.25) is 5.95 Å². The molecule has 1 aromatic rings. The number of carbonyl (C=O) groups excluding carboxylic acids is 1. The van der Waals surface area contributed by atoms with Crippen molar-refractivity contribution in [3.8, 4) is 0 Å². The number of hydrogen-bond donors (Lipinski definition) is 1. The zero-order chi connectivity index (χ0) is 13.9. The Morgan fingerprint density at radius 1 is 1.55 bits per heavy atom. The summed E-state index contributed by atoms with van der Waals surface area (Å²) in [7, 11) is 1.83. The number of aryl methyl sites for hydroxylation is 1. The van der Waals surface area contributed by atoms with Crippen molar-refractivity contribution in [2.75, 3.05) is 32.1 Å². The molecule has 20 heavy (non-hydrogen) atoms. The Labute approximate surface area is 119 Å². The Kier molecular flexibility index (Phi) is 3.91. The van der Waals surface area contributed by atoms with E-state index >= 15 is 0 Å². The maximum atomic E-state index is 12.4. The fraction of sp³-hybridized carbons (Fsp3) is 0.714. The molecule has 1 amide bonds. The lowest BCUT2D eigenvalue weighted by Gasteiger charge is -2.27. The molecule has 1 N–H and O–H groups in total. The molecule has 2 aliphatic heterocycles. The van der Waals surface area contributed by atoms with Gasteiger partial charge in [0.15, 0.2) is 0 Å². The zero-order valence-electron chi connectivity index (χ0n) is 12.0. The highest BCUT2D eigenvalue weighted by Gasteiger charge is 2.23. The van der Waals surface area contributed by atoms with Gasteiger partial charge < -0.3 is 19.5 Å². The third-order valence-electron chi connectivity index (χ3n) is 3.95. The number of amides is 1. The first kappa shape index (κ1) is 13.4. The number of nitrogens with one attached hydrogen (secondary N) is 1. The van der Waals surface area contributed by atoms with E-state index in [4.69, 9.17) is 4.74 Å². The van der Waals surface area contributed by atoms with Crippen LogP contribution in [0.1, 0.15) is 36.2 Å². The van der Waals surface area contributed by atoms with Crippen molar-refractivity contribution in [1.82, 2.24) is 14.5 Å². The fourth-order valence-electron chi connectivity index (χ4n) is 2.82. The van der Waals surface area contributed by atoms with Gasteiger partial charge in [0.25, 0.3) is 5.91 Å². The first-order valence-electron chi connectivity index (χ1n) is 7.42. The summed E-state index contributed by atoms with van der Waals surface area (Å²) in [6.07, 6.45) is 6.46. The molecule has 3 rings (SSSR count). The summed E-state index contributed by atoms with van der Waals surface area (Å²) in [5, 5.41) is 3.21. The van der Waals surface area contributed by atoms with Crippen LogP contribution in [-0.2, 0) is 11.3 Å². The summed E-state index contributed by atoms with van der Waals surface area (Å²) in [5.74, 6) is 0.782. The number of nitrogens with zero attached hydrogens (tertiary/aromatic N) is 3. The van der Waals surface area contributed by atoms with E-state index in [1.165, 1.54) is 6.42 Å². The van der Waals surface area contributed by atoms with Gasteiger partial charge in [-0.15, -0.1) is 0 Å². The first-order chi connectivity index (χ1) is 9.74. The highest BCUT2D eigenvalue weighted by atomic mass is 16.5. The lowest BCUT2D eigenvalue weighted by atomic mass is 10.1. The SMILES string of the molecule is CN(CC1CCCCO1)C(=O)c1cn2c(n1)NCCC2. The van der Waals surface area contributed by atoms with Crippen LogP contribution in [0, 0.1) is 0 Å². The Morgan fingerprint density at radius 2 is 2.45 bits per heavy atom. The second kappa shape index (κ2) is 5.83. The molecule has 3 heterocycles.